The van der Waals surface area contributed by atoms with E-state index in [0.717, 1.165) is 11.3 Å². The van der Waals surface area contributed by atoms with E-state index >= 15 is 0 Å². The molecule has 1 heterocycles. The minimum absolute atomic E-state index is 0.166. The lowest BCUT2D eigenvalue weighted by atomic mass is 10.2. The quantitative estimate of drug-likeness (QED) is 0.858. The molecule has 1 unspecified atom stereocenters. The van der Waals surface area contributed by atoms with Crippen LogP contribution in [-0.2, 0) is 9.47 Å². The summed E-state index contributed by atoms with van der Waals surface area (Å²) in [6.45, 7) is 9.06. The maximum atomic E-state index is 11.6. The Morgan fingerprint density at radius 3 is 2.55 bits per heavy atom. The number of ether oxygens (including phenoxy) is 2. The highest BCUT2D eigenvalue weighted by atomic mass is 32.1. The smallest absolute Gasteiger partial charge is 0.408 e. The third-order valence-corrected chi connectivity index (χ3v) is 3.08. The predicted octanol–water partition coefficient (Wildman–Crippen LogP) is 2.30. The van der Waals surface area contributed by atoms with E-state index in [2.05, 4.69) is 15.5 Å². The molecule has 20 heavy (non-hydrogen) atoms. The van der Waals surface area contributed by atoms with Crippen LogP contribution in [-0.4, -0.2) is 34.5 Å². The van der Waals surface area contributed by atoms with Gasteiger partial charge in [-0.1, -0.05) is 11.3 Å². The highest BCUT2D eigenvalue weighted by Crippen LogP contribution is 2.19. The zero-order valence-electron chi connectivity index (χ0n) is 12.2. The highest BCUT2D eigenvalue weighted by molar-refractivity contribution is 7.13. The van der Waals surface area contributed by atoms with Crippen LogP contribution in [0, 0.1) is 0 Å². The number of aromatic nitrogens is 2. The number of hydrogen-bond acceptors (Lipinski definition) is 7. The van der Waals surface area contributed by atoms with E-state index in [0.29, 0.717) is 5.01 Å². The van der Waals surface area contributed by atoms with Gasteiger partial charge in [-0.2, -0.15) is 0 Å². The van der Waals surface area contributed by atoms with E-state index in [1.165, 1.54) is 0 Å². The van der Waals surface area contributed by atoms with Crippen molar-refractivity contribution in [2.75, 3.05) is 6.61 Å². The zero-order valence-corrected chi connectivity index (χ0v) is 13.0. The van der Waals surface area contributed by atoms with Crippen molar-refractivity contribution in [3.8, 4) is 0 Å². The second-order valence-electron chi connectivity index (χ2n) is 5.03. The molecule has 112 valence electrons. The molecule has 1 amide bonds. The molecule has 1 aromatic heterocycles. The molecular weight excluding hydrogens is 282 g/mol. The van der Waals surface area contributed by atoms with Crippen LogP contribution >= 0.6 is 11.3 Å². The Balaban J connectivity index is 2.62. The van der Waals surface area contributed by atoms with E-state index < -0.39 is 23.7 Å². The van der Waals surface area contributed by atoms with Gasteiger partial charge in [-0.25, -0.2) is 9.59 Å². The summed E-state index contributed by atoms with van der Waals surface area (Å²) in [5.74, 6) is -0.513. The summed E-state index contributed by atoms with van der Waals surface area (Å²) in [6.07, 6.45) is -0.544. The number of nitrogens with zero attached hydrogens (tertiary/aromatic N) is 2. The molecule has 0 aromatic carbocycles. The molecule has 8 heteroatoms. The molecule has 0 aliphatic heterocycles. The Morgan fingerprint density at radius 2 is 2.00 bits per heavy atom. The van der Waals surface area contributed by atoms with Crippen LogP contribution in [0.3, 0.4) is 0 Å². The molecule has 1 atom stereocenters. The first kappa shape index (κ1) is 16.4. The van der Waals surface area contributed by atoms with Gasteiger partial charge in [-0.05, 0) is 34.6 Å². The van der Waals surface area contributed by atoms with Gasteiger partial charge in [-0.3, -0.25) is 0 Å². The molecule has 0 saturated carbocycles. The first-order valence-corrected chi connectivity index (χ1v) is 7.04. The zero-order chi connectivity index (χ0) is 15.3. The van der Waals surface area contributed by atoms with Gasteiger partial charge in [0.05, 0.1) is 12.6 Å². The minimum Gasteiger partial charge on any atom is -0.461 e. The molecule has 0 aliphatic rings. The molecule has 0 fully saturated rings. The lowest BCUT2D eigenvalue weighted by Gasteiger charge is -2.21. The summed E-state index contributed by atoms with van der Waals surface area (Å²) in [5.41, 5.74) is -0.568. The SMILES string of the molecule is CCOC(=O)c1nnc(C(C)NC(=O)OC(C)(C)C)s1. The van der Waals surface area contributed by atoms with Crippen LogP contribution in [0.2, 0.25) is 0 Å². The van der Waals surface area contributed by atoms with Crippen molar-refractivity contribution in [1.29, 1.82) is 0 Å². The summed E-state index contributed by atoms with van der Waals surface area (Å²) in [4.78, 5) is 23.1. The Bertz CT molecular complexity index is 481. The van der Waals surface area contributed by atoms with E-state index in [1.54, 1.807) is 34.6 Å². The van der Waals surface area contributed by atoms with Crippen LogP contribution < -0.4 is 5.32 Å². The molecule has 0 saturated heterocycles. The second-order valence-corrected chi connectivity index (χ2v) is 6.04. The standard InChI is InChI=1S/C12H19N3O4S/c1-6-18-10(16)9-15-14-8(20-9)7(2)13-11(17)19-12(3,4)5/h7H,6H2,1-5H3,(H,13,17). The van der Waals surface area contributed by atoms with Crippen molar-refractivity contribution < 1.29 is 19.1 Å². The average molecular weight is 301 g/mol. The number of alkyl carbamates (subject to hydrolysis) is 1. The topological polar surface area (TPSA) is 90.4 Å². The Kier molecular flexibility index (Phi) is 5.43. The van der Waals surface area contributed by atoms with Crippen LogP contribution in [0.5, 0.6) is 0 Å². The van der Waals surface area contributed by atoms with E-state index in [1.807, 2.05) is 0 Å². The molecule has 0 radical (unpaired) electrons. The predicted molar refractivity (Wildman–Crippen MR) is 73.7 cm³/mol. The molecule has 0 bridgehead atoms. The average Bonchev–Trinajstić information content (AvgIpc) is 2.75. The number of esters is 1. The molecule has 0 aliphatic carbocycles. The molecule has 1 aromatic rings. The van der Waals surface area contributed by atoms with Crippen LogP contribution in [0.1, 0.15) is 55.5 Å². The minimum atomic E-state index is -0.568. The number of hydrogen-bond donors (Lipinski definition) is 1. The summed E-state index contributed by atoms with van der Waals surface area (Å²) in [7, 11) is 0. The van der Waals surface area contributed by atoms with Crippen LogP contribution in [0.4, 0.5) is 4.79 Å². The van der Waals surface area contributed by atoms with Gasteiger partial charge in [0.15, 0.2) is 0 Å². The lowest BCUT2D eigenvalue weighted by molar-refractivity contribution is 0.0502. The molecular formula is C12H19N3O4S. The number of nitrogens with one attached hydrogen (secondary N) is 1. The first-order valence-electron chi connectivity index (χ1n) is 6.23. The maximum absolute atomic E-state index is 11.6. The third kappa shape index (κ3) is 5.12. The summed E-state index contributed by atoms with van der Waals surface area (Å²) in [5, 5.41) is 10.9. The van der Waals surface area contributed by atoms with Gasteiger partial charge in [0, 0.05) is 0 Å². The fourth-order valence-corrected chi connectivity index (χ4v) is 1.97. The van der Waals surface area contributed by atoms with Crippen molar-refractivity contribution in [3.63, 3.8) is 0 Å². The molecule has 1 N–H and O–H groups in total. The van der Waals surface area contributed by atoms with Crippen molar-refractivity contribution in [3.05, 3.63) is 10.0 Å². The Hall–Kier alpha value is -1.70. The fourth-order valence-electron chi connectivity index (χ4n) is 1.23. The van der Waals surface area contributed by atoms with E-state index in [9.17, 15) is 9.59 Å². The van der Waals surface area contributed by atoms with E-state index in [4.69, 9.17) is 9.47 Å². The van der Waals surface area contributed by atoms with Crippen LogP contribution in [0.15, 0.2) is 0 Å². The Morgan fingerprint density at radius 1 is 1.35 bits per heavy atom. The first-order chi connectivity index (χ1) is 9.23. The summed E-state index contributed by atoms with van der Waals surface area (Å²) < 4.78 is 9.96. The summed E-state index contributed by atoms with van der Waals surface area (Å²) >= 11 is 1.08. The van der Waals surface area contributed by atoms with Gasteiger partial charge in [-0.15, -0.1) is 10.2 Å². The number of amides is 1. The third-order valence-electron chi connectivity index (χ3n) is 1.99. The van der Waals surface area contributed by atoms with Crippen molar-refractivity contribution in [1.82, 2.24) is 15.5 Å². The van der Waals surface area contributed by atoms with Gasteiger partial charge in [0.25, 0.3) is 0 Å². The number of carbonyl (C=O) groups excluding carboxylic acids is 2. The highest BCUT2D eigenvalue weighted by Gasteiger charge is 2.21. The normalized spacial score (nSPS) is 12.7. The molecule has 1 rings (SSSR count). The van der Waals surface area contributed by atoms with Crippen LogP contribution in [0.25, 0.3) is 0 Å². The van der Waals surface area contributed by atoms with Crippen molar-refractivity contribution in [2.45, 2.75) is 46.3 Å². The second kappa shape index (κ2) is 6.65. The van der Waals surface area contributed by atoms with Gasteiger partial charge in [0.1, 0.15) is 10.6 Å². The summed E-state index contributed by atoms with van der Waals surface area (Å²) in [6, 6.07) is -0.398. The van der Waals surface area contributed by atoms with E-state index in [-0.39, 0.29) is 11.6 Å². The lowest BCUT2D eigenvalue weighted by Crippen LogP contribution is -2.34. The molecule has 0 spiro atoms. The fraction of sp³-hybridized carbons (Fsp3) is 0.667. The van der Waals surface area contributed by atoms with Gasteiger partial charge < -0.3 is 14.8 Å². The van der Waals surface area contributed by atoms with Crippen molar-refractivity contribution >= 4 is 23.4 Å². The Labute approximate surface area is 121 Å². The number of carbonyl (C=O) groups is 2. The van der Waals surface area contributed by atoms with Crippen molar-refractivity contribution in [2.24, 2.45) is 0 Å². The molecule has 7 nitrogen and oxygen atoms in total. The van der Waals surface area contributed by atoms with Gasteiger partial charge in [0.2, 0.25) is 5.01 Å². The largest absolute Gasteiger partial charge is 0.461 e. The monoisotopic (exact) mass is 301 g/mol. The number of rotatable bonds is 4. The maximum Gasteiger partial charge on any atom is 0.408 e. The van der Waals surface area contributed by atoms with Gasteiger partial charge >= 0.3 is 12.1 Å².